The van der Waals surface area contributed by atoms with Crippen LogP contribution in [0.2, 0.25) is 0 Å². The number of benzene rings is 2. The first-order chi connectivity index (χ1) is 10.1. The van der Waals surface area contributed by atoms with Gasteiger partial charge in [-0.1, -0.05) is 37.3 Å². The predicted molar refractivity (Wildman–Crippen MR) is 81.2 cm³/mol. The normalized spacial score (nSPS) is 11.4. The van der Waals surface area contributed by atoms with E-state index < -0.39 is 4.92 Å². The van der Waals surface area contributed by atoms with Crippen molar-refractivity contribution in [1.82, 2.24) is 0 Å². The maximum Gasteiger partial charge on any atom is 0.287 e. The van der Waals surface area contributed by atoms with Crippen LogP contribution < -0.4 is 5.32 Å². The third-order valence-electron chi connectivity index (χ3n) is 3.29. The topological polar surface area (TPSA) is 79.0 Å². The highest BCUT2D eigenvalue weighted by Crippen LogP contribution is 2.23. The molecular formula is C16H15N3O2. The van der Waals surface area contributed by atoms with Crippen molar-refractivity contribution in [3.63, 3.8) is 0 Å². The van der Waals surface area contributed by atoms with Crippen LogP contribution in [0.3, 0.4) is 0 Å². The smallest absolute Gasteiger partial charge is 0.287 e. The Labute approximate surface area is 123 Å². The van der Waals surface area contributed by atoms with Crippen LogP contribution in [0.25, 0.3) is 0 Å². The molecule has 0 fully saturated rings. The second kappa shape index (κ2) is 6.53. The van der Waals surface area contributed by atoms with E-state index in [1.807, 2.05) is 24.3 Å². The third-order valence-corrected chi connectivity index (χ3v) is 3.29. The number of nitriles is 1. The van der Waals surface area contributed by atoms with Crippen LogP contribution in [0.1, 0.15) is 24.0 Å². The Kier molecular flexibility index (Phi) is 4.52. The molecule has 2 rings (SSSR count). The summed E-state index contributed by atoms with van der Waals surface area (Å²) < 4.78 is 0. The molecule has 0 radical (unpaired) electrons. The lowest BCUT2D eigenvalue weighted by Gasteiger charge is -2.14. The van der Waals surface area contributed by atoms with Gasteiger partial charge in [-0.2, -0.15) is 5.26 Å². The lowest BCUT2D eigenvalue weighted by molar-refractivity contribution is -0.385. The number of nitrogens with zero attached hydrogens (tertiary/aromatic N) is 2. The summed E-state index contributed by atoms with van der Waals surface area (Å²) in [6, 6.07) is 16.4. The predicted octanol–water partition coefficient (Wildman–Crippen LogP) is 3.68. The van der Waals surface area contributed by atoms with Crippen molar-refractivity contribution in [2.24, 2.45) is 0 Å². The molecular weight excluding hydrogens is 266 g/mol. The van der Waals surface area contributed by atoms with Gasteiger partial charge >= 0.3 is 0 Å². The van der Waals surface area contributed by atoms with Crippen LogP contribution in [0.15, 0.2) is 48.5 Å². The molecule has 0 saturated heterocycles. The average Bonchev–Trinajstić information content (AvgIpc) is 2.52. The molecule has 21 heavy (non-hydrogen) atoms. The van der Waals surface area contributed by atoms with Crippen LogP contribution in [0, 0.1) is 21.4 Å². The first-order valence-corrected chi connectivity index (χ1v) is 6.59. The Morgan fingerprint density at radius 3 is 2.62 bits per heavy atom. The summed E-state index contributed by atoms with van der Waals surface area (Å²) in [5.41, 5.74) is 1.82. The Hall–Kier alpha value is -2.87. The van der Waals surface area contributed by atoms with Crippen LogP contribution in [-0.2, 0) is 0 Å². The zero-order valence-electron chi connectivity index (χ0n) is 11.6. The number of nitro groups is 1. The van der Waals surface area contributed by atoms with E-state index in [0.717, 1.165) is 0 Å². The molecule has 5 heteroatoms. The van der Waals surface area contributed by atoms with E-state index in [9.17, 15) is 10.1 Å². The lowest BCUT2D eigenvalue weighted by Crippen LogP contribution is -2.10. The first kappa shape index (κ1) is 14.5. The molecule has 0 aromatic heterocycles. The van der Waals surface area contributed by atoms with Gasteiger partial charge in [0, 0.05) is 18.3 Å². The Morgan fingerprint density at radius 2 is 2.00 bits per heavy atom. The Balaban J connectivity index is 2.07. The van der Waals surface area contributed by atoms with Crippen LogP contribution in [0.5, 0.6) is 0 Å². The van der Waals surface area contributed by atoms with E-state index in [2.05, 4.69) is 24.4 Å². The lowest BCUT2D eigenvalue weighted by atomic mass is 10.0. The summed E-state index contributed by atoms with van der Waals surface area (Å²) in [6.45, 7) is 2.78. The molecule has 1 unspecified atom stereocenters. The molecule has 0 aliphatic heterocycles. The number of nitrogens with one attached hydrogen (secondary N) is 1. The van der Waals surface area contributed by atoms with Crippen LogP contribution in [-0.4, -0.2) is 11.5 Å². The maximum absolute atomic E-state index is 10.8. The Morgan fingerprint density at radius 1 is 1.29 bits per heavy atom. The highest BCUT2D eigenvalue weighted by molar-refractivity contribution is 5.58. The minimum absolute atomic E-state index is 0.0670. The van der Waals surface area contributed by atoms with Gasteiger partial charge in [-0.25, -0.2) is 0 Å². The SMILES string of the molecule is CC(CNc1ccc([N+](=O)[O-])c(C#N)c1)c1ccccc1. The van der Waals surface area contributed by atoms with Gasteiger partial charge < -0.3 is 5.32 Å². The van der Waals surface area contributed by atoms with Gasteiger partial charge in [0.2, 0.25) is 0 Å². The second-order valence-electron chi connectivity index (χ2n) is 4.79. The largest absolute Gasteiger partial charge is 0.384 e. The Bertz CT molecular complexity index is 678. The molecule has 5 nitrogen and oxygen atoms in total. The quantitative estimate of drug-likeness (QED) is 0.669. The minimum atomic E-state index is -0.547. The molecule has 2 aromatic carbocycles. The third kappa shape index (κ3) is 3.57. The summed E-state index contributed by atoms with van der Waals surface area (Å²) >= 11 is 0. The van der Waals surface area contributed by atoms with Gasteiger partial charge in [-0.3, -0.25) is 10.1 Å². The molecule has 2 aromatic rings. The number of rotatable bonds is 5. The highest BCUT2D eigenvalue weighted by Gasteiger charge is 2.14. The summed E-state index contributed by atoms with van der Waals surface area (Å²) in [6.07, 6.45) is 0. The molecule has 1 atom stereocenters. The molecule has 0 aliphatic rings. The van der Waals surface area contributed by atoms with Crippen molar-refractivity contribution >= 4 is 11.4 Å². The van der Waals surface area contributed by atoms with Crippen molar-refractivity contribution in [3.05, 3.63) is 69.8 Å². The van der Waals surface area contributed by atoms with E-state index in [0.29, 0.717) is 18.2 Å². The fourth-order valence-electron chi connectivity index (χ4n) is 2.07. The molecule has 1 N–H and O–H groups in total. The van der Waals surface area contributed by atoms with E-state index in [1.54, 1.807) is 6.07 Å². The van der Waals surface area contributed by atoms with Gasteiger partial charge in [0.05, 0.1) is 4.92 Å². The summed E-state index contributed by atoms with van der Waals surface area (Å²) in [4.78, 5) is 10.2. The number of anilines is 1. The van der Waals surface area contributed by atoms with Crippen molar-refractivity contribution in [3.8, 4) is 6.07 Å². The van der Waals surface area contributed by atoms with Crippen LogP contribution in [0.4, 0.5) is 11.4 Å². The fraction of sp³-hybridized carbons (Fsp3) is 0.188. The van der Waals surface area contributed by atoms with Crippen molar-refractivity contribution in [2.45, 2.75) is 12.8 Å². The summed E-state index contributed by atoms with van der Waals surface area (Å²) in [5.74, 6) is 0.298. The zero-order valence-corrected chi connectivity index (χ0v) is 11.6. The number of nitro benzene ring substituents is 1. The molecule has 0 amide bonds. The summed E-state index contributed by atoms with van der Waals surface area (Å²) in [7, 11) is 0. The molecule has 106 valence electrons. The van der Waals surface area contributed by atoms with Gasteiger partial charge in [-0.05, 0) is 23.6 Å². The van der Waals surface area contributed by atoms with Crippen molar-refractivity contribution in [2.75, 3.05) is 11.9 Å². The van der Waals surface area contributed by atoms with Gasteiger partial charge in [0.15, 0.2) is 0 Å². The highest BCUT2D eigenvalue weighted by atomic mass is 16.6. The zero-order chi connectivity index (χ0) is 15.2. The second-order valence-corrected chi connectivity index (χ2v) is 4.79. The summed E-state index contributed by atoms with van der Waals surface area (Å²) in [5, 5.41) is 23.0. The van der Waals surface area contributed by atoms with Gasteiger partial charge in [0.1, 0.15) is 11.6 Å². The maximum atomic E-state index is 10.8. The van der Waals surface area contributed by atoms with E-state index >= 15 is 0 Å². The molecule has 0 saturated carbocycles. The molecule has 0 bridgehead atoms. The van der Waals surface area contributed by atoms with Gasteiger partial charge in [-0.15, -0.1) is 0 Å². The molecule has 0 aliphatic carbocycles. The van der Waals surface area contributed by atoms with Gasteiger partial charge in [0.25, 0.3) is 5.69 Å². The first-order valence-electron chi connectivity index (χ1n) is 6.59. The number of hydrogen-bond acceptors (Lipinski definition) is 4. The minimum Gasteiger partial charge on any atom is -0.384 e. The standard InChI is InChI=1S/C16H15N3O2/c1-12(13-5-3-2-4-6-13)11-18-15-7-8-16(19(20)21)14(9-15)10-17/h2-9,12,18H,11H2,1H3. The molecule has 0 heterocycles. The fourth-order valence-corrected chi connectivity index (χ4v) is 2.07. The molecule has 0 spiro atoms. The van der Waals surface area contributed by atoms with Crippen LogP contribution >= 0.6 is 0 Å². The number of hydrogen-bond donors (Lipinski definition) is 1. The van der Waals surface area contributed by atoms with Crippen molar-refractivity contribution in [1.29, 1.82) is 5.26 Å². The average molecular weight is 281 g/mol. The van der Waals surface area contributed by atoms with Crippen molar-refractivity contribution < 1.29 is 4.92 Å². The van der Waals surface area contributed by atoms with E-state index in [4.69, 9.17) is 5.26 Å². The van der Waals surface area contributed by atoms with E-state index in [1.165, 1.54) is 17.7 Å². The monoisotopic (exact) mass is 281 g/mol. The van der Waals surface area contributed by atoms with E-state index in [-0.39, 0.29) is 11.3 Å².